The first kappa shape index (κ1) is 13.6. The lowest BCUT2D eigenvalue weighted by Crippen LogP contribution is -2.34. The predicted octanol–water partition coefficient (Wildman–Crippen LogP) is 0.849. The van der Waals surface area contributed by atoms with E-state index < -0.39 is 0 Å². The Morgan fingerprint density at radius 3 is 2.67 bits per heavy atom. The zero-order valence-electron chi connectivity index (χ0n) is 11.9. The lowest BCUT2D eigenvalue weighted by molar-refractivity contribution is -0.122. The summed E-state index contributed by atoms with van der Waals surface area (Å²) in [7, 11) is 1.94. The molecule has 0 aliphatic heterocycles. The number of carbonyl (C=O) groups is 1. The molecule has 2 aromatic rings. The fraction of sp³-hybridized carbons (Fsp3) is 0.400. The highest BCUT2D eigenvalue weighted by molar-refractivity contribution is 5.76. The monoisotopic (exact) mass is 286 g/mol. The van der Waals surface area contributed by atoms with Crippen LogP contribution in [-0.2, 0) is 18.4 Å². The van der Waals surface area contributed by atoms with Crippen LogP contribution in [0.2, 0.25) is 0 Å². The molecule has 0 bridgehead atoms. The highest BCUT2D eigenvalue weighted by Gasteiger charge is 2.35. The Hall–Kier alpha value is -2.37. The minimum atomic E-state index is -0.0708. The molecule has 2 heterocycles. The molecule has 0 saturated heterocycles. The van der Waals surface area contributed by atoms with E-state index >= 15 is 0 Å². The van der Waals surface area contributed by atoms with Gasteiger partial charge < -0.3 is 14.5 Å². The minimum Gasteiger partial charge on any atom is -0.345 e. The Labute approximate surface area is 122 Å². The molecular formula is C15H18N4O2. The van der Waals surface area contributed by atoms with Crippen molar-refractivity contribution in [2.45, 2.75) is 25.4 Å². The molecular weight excluding hydrogens is 268 g/mol. The summed E-state index contributed by atoms with van der Waals surface area (Å²) in [5.74, 6) is 1.30. The van der Waals surface area contributed by atoms with Crippen molar-refractivity contribution in [2.75, 3.05) is 0 Å². The number of imidazole rings is 1. The topological polar surface area (TPSA) is 68.9 Å². The number of nitrogens with zero attached hydrogens (tertiary/aromatic N) is 3. The van der Waals surface area contributed by atoms with Gasteiger partial charge in [-0.1, -0.05) is 0 Å². The van der Waals surface area contributed by atoms with Crippen molar-refractivity contribution >= 4 is 5.91 Å². The summed E-state index contributed by atoms with van der Waals surface area (Å²) < 4.78 is 3.64. The van der Waals surface area contributed by atoms with Gasteiger partial charge in [0.2, 0.25) is 5.91 Å². The number of pyridine rings is 1. The van der Waals surface area contributed by atoms with Crippen molar-refractivity contribution in [3.8, 4) is 0 Å². The fourth-order valence-corrected chi connectivity index (χ4v) is 2.43. The van der Waals surface area contributed by atoms with E-state index in [4.69, 9.17) is 0 Å². The number of amides is 1. The zero-order valence-corrected chi connectivity index (χ0v) is 11.9. The van der Waals surface area contributed by atoms with Crippen LogP contribution < -0.4 is 10.7 Å². The van der Waals surface area contributed by atoms with Gasteiger partial charge in [0.15, 0.2) is 5.43 Å². The Balaban J connectivity index is 1.68. The number of aromatic nitrogens is 3. The van der Waals surface area contributed by atoms with E-state index in [1.165, 1.54) is 12.1 Å². The number of hydrogen-bond acceptors (Lipinski definition) is 3. The van der Waals surface area contributed by atoms with E-state index in [2.05, 4.69) is 10.3 Å². The summed E-state index contributed by atoms with van der Waals surface area (Å²) in [6.45, 7) is 0.202. The van der Waals surface area contributed by atoms with Crippen molar-refractivity contribution in [1.82, 2.24) is 19.4 Å². The maximum atomic E-state index is 12.2. The van der Waals surface area contributed by atoms with Gasteiger partial charge in [-0.05, 0) is 18.8 Å². The molecule has 1 N–H and O–H groups in total. The molecule has 2 aromatic heterocycles. The zero-order chi connectivity index (χ0) is 14.8. The van der Waals surface area contributed by atoms with E-state index in [0.717, 1.165) is 18.7 Å². The minimum absolute atomic E-state index is 0.0307. The maximum absolute atomic E-state index is 12.2. The van der Waals surface area contributed by atoms with Crippen LogP contribution >= 0.6 is 0 Å². The van der Waals surface area contributed by atoms with Crippen LogP contribution in [0.1, 0.15) is 24.7 Å². The normalized spacial score (nSPS) is 15.7. The van der Waals surface area contributed by atoms with Gasteiger partial charge in [-0.15, -0.1) is 0 Å². The van der Waals surface area contributed by atoms with E-state index in [1.807, 2.05) is 17.8 Å². The van der Waals surface area contributed by atoms with E-state index in [9.17, 15) is 9.59 Å². The van der Waals surface area contributed by atoms with Crippen LogP contribution in [0.4, 0.5) is 0 Å². The van der Waals surface area contributed by atoms with E-state index in [0.29, 0.717) is 5.92 Å². The SMILES string of the molecule is Cn1ccnc1[C@H](NC(=O)Cn1ccc(=O)cc1)C1CC1. The summed E-state index contributed by atoms with van der Waals surface area (Å²) in [6.07, 6.45) is 9.12. The molecule has 0 unspecified atom stereocenters. The van der Waals surface area contributed by atoms with Crippen molar-refractivity contribution in [2.24, 2.45) is 13.0 Å². The van der Waals surface area contributed by atoms with Crippen LogP contribution in [-0.4, -0.2) is 20.0 Å². The molecule has 1 saturated carbocycles. The third kappa shape index (κ3) is 3.21. The van der Waals surface area contributed by atoms with Crippen molar-refractivity contribution in [3.63, 3.8) is 0 Å². The van der Waals surface area contributed by atoms with Gasteiger partial charge in [-0.3, -0.25) is 9.59 Å². The van der Waals surface area contributed by atoms with Gasteiger partial charge in [0.1, 0.15) is 12.4 Å². The molecule has 0 radical (unpaired) electrons. The largest absolute Gasteiger partial charge is 0.345 e. The standard InChI is InChI=1S/C15H18N4O2/c1-18-9-6-16-15(18)14(11-2-3-11)17-13(21)10-19-7-4-12(20)5-8-19/h4-9,11,14H,2-3,10H2,1H3,(H,17,21)/t14-/m1/s1. The molecule has 110 valence electrons. The number of rotatable bonds is 5. The second kappa shape index (κ2) is 5.55. The van der Waals surface area contributed by atoms with Crippen molar-refractivity contribution in [3.05, 3.63) is 53.0 Å². The second-order valence-electron chi connectivity index (χ2n) is 5.49. The molecule has 1 aliphatic carbocycles. The molecule has 1 aliphatic rings. The lowest BCUT2D eigenvalue weighted by Gasteiger charge is -2.18. The van der Waals surface area contributed by atoms with Crippen LogP contribution in [0, 0.1) is 5.92 Å². The summed E-state index contributed by atoms with van der Waals surface area (Å²) in [5, 5.41) is 3.06. The molecule has 1 fully saturated rings. The van der Waals surface area contributed by atoms with Crippen LogP contribution in [0.15, 0.2) is 41.7 Å². The number of carbonyl (C=O) groups excluding carboxylic acids is 1. The molecule has 0 aromatic carbocycles. The highest BCUT2D eigenvalue weighted by atomic mass is 16.2. The summed E-state index contributed by atoms with van der Waals surface area (Å²) in [4.78, 5) is 27.6. The predicted molar refractivity (Wildman–Crippen MR) is 77.5 cm³/mol. The number of aryl methyl sites for hydroxylation is 1. The molecule has 0 spiro atoms. The average molecular weight is 286 g/mol. The Morgan fingerprint density at radius 1 is 1.38 bits per heavy atom. The van der Waals surface area contributed by atoms with Crippen LogP contribution in [0.5, 0.6) is 0 Å². The molecule has 1 amide bonds. The Bertz CT molecular complexity index is 679. The first-order valence-corrected chi connectivity index (χ1v) is 7.06. The quantitative estimate of drug-likeness (QED) is 0.886. The lowest BCUT2D eigenvalue weighted by atomic mass is 10.1. The third-order valence-corrected chi connectivity index (χ3v) is 3.73. The van der Waals surface area contributed by atoms with Crippen molar-refractivity contribution in [1.29, 1.82) is 0 Å². The van der Waals surface area contributed by atoms with Crippen molar-refractivity contribution < 1.29 is 4.79 Å². The fourth-order valence-electron chi connectivity index (χ4n) is 2.43. The summed E-state index contributed by atoms with van der Waals surface area (Å²) in [6, 6.07) is 2.87. The smallest absolute Gasteiger partial charge is 0.240 e. The molecule has 1 atom stereocenters. The maximum Gasteiger partial charge on any atom is 0.240 e. The second-order valence-corrected chi connectivity index (χ2v) is 5.49. The Morgan fingerprint density at radius 2 is 2.10 bits per heavy atom. The highest BCUT2D eigenvalue weighted by Crippen LogP contribution is 2.40. The molecule has 6 heteroatoms. The molecule has 6 nitrogen and oxygen atoms in total. The van der Waals surface area contributed by atoms with Gasteiger partial charge in [0, 0.05) is 44.0 Å². The van der Waals surface area contributed by atoms with Gasteiger partial charge >= 0.3 is 0 Å². The van der Waals surface area contributed by atoms with Crippen LogP contribution in [0.25, 0.3) is 0 Å². The molecule has 21 heavy (non-hydrogen) atoms. The van der Waals surface area contributed by atoms with Gasteiger partial charge in [-0.25, -0.2) is 4.98 Å². The first-order chi connectivity index (χ1) is 10.1. The summed E-state index contributed by atoms with van der Waals surface area (Å²) >= 11 is 0. The van der Waals surface area contributed by atoms with Gasteiger partial charge in [0.05, 0.1) is 6.04 Å². The van der Waals surface area contributed by atoms with Crippen LogP contribution in [0.3, 0.4) is 0 Å². The molecule has 3 rings (SSSR count). The summed E-state index contributed by atoms with van der Waals surface area (Å²) in [5.41, 5.74) is -0.0597. The average Bonchev–Trinajstić information content (AvgIpc) is 3.21. The number of nitrogens with one attached hydrogen (secondary N) is 1. The van der Waals surface area contributed by atoms with Gasteiger partial charge in [-0.2, -0.15) is 0 Å². The number of hydrogen-bond donors (Lipinski definition) is 1. The van der Waals surface area contributed by atoms with E-state index in [-0.39, 0.29) is 23.9 Å². The van der Waals surface area contributed by atoms with E-state index in [1.54, 1.807) is 23.2 Å². The Kier molecular flexibility index (Phi) is 3.60. The third-order valence-electron chi connectivity index (χ3n) is 3.73. The van der Waals surface area contributed by atoms with Gasteiger partial charge in [0.25, 0.3) is 0 Å². The first-order valence-electron chi connectivity index (χ1n) is 7.06.